The second-order valence-electron chi connectivity index (χ2n) is 5.04. The van der Waals surface area contributed by atoms with Crippen molar-refractivity contribution in [2.75, 3.05) is 19.5 Å². The molecule has 2 heterocycles. The molecule has 0 unspecified atom stereocenters. The Labute approximate surface area is 142 Å². The van der Waals surface area contributed by atoms with E-state index in [1.54, 1.807) is 32.4 Å². The number of nitrogens with zero attached hydrogens (tertiary/aromatic N) is 4. The van der Waals surface area contributed by atoms with Crippen molar-refractivity contribution in [3.05, 3.63) is 48.2 Å². The maximum atomic E-state index is 14.0. The maximum Gasteiger partial charge on any atom is 0.229 e. The quantitative estimate of drug-likeness (QED) is 0.706. The number of halogens is 1. The molecular weight excluding hydrogens is 329 g/mol. The van der Waals surface area contributed by atoms with Crippen molar-refractivity contribution in [2.24, 2.45) is 0 Å². The molecule has 1 aromatic carbocycles. The van der Waals surface area contributed by atoms with Gasteiger partial charge in [-0.05, 0) is 0 Å². The number of aromatic nitrogens is 4. The molecule has 130 valence electrons. The zero-order valence-electron chi connectivity index (χ0n) is 13.6. The van der Waals surface area contributed by atoms with E-state index in [2.05, 4.69) is 20.4 Å². The number of hydrogen-bond donors (Lipinski definition) is 2. The van der Waals surface area contributed by atoms with Crippen LogP contribution < -0.4 is 14.8 Å². The van der Waals surface area contributed by atoms with Crippen molar-refractivity contribution in [1.82, 2.24) is 19.7 Å². The molecule has 3 rings (SSSR count). The van der Waals surface area contributed by atoms with E-state index < -0.39 is 5.82 Å². The number of methoxy groups -OCH3 is 2. The van der Waals surface area contributed by atoms with Crippen molar-refractivity contribution >= 4 is 11.6 Å². The summed E-state index contributed by atoms with van der Waals surface area (Å²) in [6.07, 6.45) is 3.97. The Balaban J connectivity index is 1.92. The van der Waals surface area contributed by atoms with Crippen LogP contribution in [-0.2, 0) is 6.61 Å². The van der Waals surface area contributed by atoms with Gasteiger partial charge >= 0.3 is 0 Å². The minimum absolute atomic E-state index is 0.0351. The molecule has 8 nitrogen and oxygen atoms in total. The number of ether oxygens (including phenoxy) is 2. The molecule has 0 aliphatic carbocycles. The predicted octanol–water partition coefficient (Wildman–Crippen LogP) is 2.05. The summed E-state index contributed by atoms with van der Waals surface area (Å²) < 4.78 is 25.7. The number of aliphatic hydroxyl groups is 1. The second-order valence-corrected chi connectivity index (χ2v) is 5.04. The zero-order valence-corrected chi connectivity index (χ0v) is 13.6. The molecule has 0 bridgehead atoms. The zero-order chi connectivity index (χ0) is 17.8. The molecule has 3 aromatic rings. The third-order valence-electron chi connectivity index (χ3n) is 3.37. The Kier molecular flexibility index (Phi) is 4.75. The van der Waals surface area contributed by atoms with Gasteiger partial charge in [0.2, 0.25) is 5.95 Å². The first-order valence-corrected chi connectivity index (χ1v) is 7.30. The number of benzene rings is 1. The minimum atomic E-state index is -0.638. The summed E-state index contributed by atoms with van der Waals surface area (Å²) in [4.78, 5) is 8.06. The van der Waals surface area contributed by atoms with Gasteiger partial charge in [-0.1, -0.05) is 0 Å². The van der Waals surface area contributed by atoms with E-state index in [-0.39, 0.29) is 18.4 Å². The summed E-state index contributed by atoms with van der Waals surface area (Å²) in [6.45, 7) is -0.193. The van der Waals surface area contributed by atoms with Gasteiger partial charge in [-0.25, -0.2) is 14.1 Å². The van der Waals surface area contributed by atoms with Crippen molar-refractivity contribution < 1.29 is 19.0 Å². The molecule has 2 N–H and O–H groups in total. The third-order valence-corrected chi connectivity index (χ3v) is 3.37. The number of aliphatic hydroxyl groups excluding tert-OH is 1. The predicted molar refractivity (Wildman–Crippen MR) is 87.9 cm³/mol. The van der Waals surface area contributed by atoms with Gasteiger partial charge < -0.3 is 19.9 Å². The van der Waals surface area contributed by atoms with E-state index in [0.29, 0.717) is 22.7 Å². The van der Waals surface area contributed by atoms with Gasteiger partial charge in [0, 0.05) is 35.6 Å². The second kappa shape index (κ2) is 7.14. The van der Waals surface area contributed by atoms with Gasteiger partial charge in [-0.15, -0.1) is 0 Å². The molecular formula is C16H16FN5O3. The van der Waals surface area contributed by atoms with E-state index in [9.17, 15) is 4.39 Å². The summed E-state index contributed by atoms with van der Waals surface area (Å²) in [6, 6.07) is 5.18. The Bertz CT molecular complexity index is 862. The molecule has 0 atom stereocenters. The lowest BCUT2D eigenvalue weighted by Gasteiger charge is -2.10. The Morgan fingerprint density at radius 2 is 1.88 bits per heavy atom. The van der Waals surface area contributed by atoms with Crippen LogP contribution in [0.5, 0.6) is 11.5 Å². The maximum absolute atomic E-state index is 14.0. The molecule has 0 radical (unpaired) electrons. The lowest BCUT2D eigenvalue weighted by Crippen LogP contribution is -2.06. The fraction of sp³-hybridized carbons (Fsp3) is 0.188. The van der Waals surface area contributed by atoms with Crippen LogP contribution in [0.25, 0.3) is 5.82 Å². The van der Waals surface area contributed by atoms with Crippen LogP contribution in [0.3, 0.4) is 0 Å². The van der Waals surface area contributed by atoms with Crippen molar-refractivity contribution in [2.45, 2.75) is 6.61 Å². The first-order valence-electron chi connectivity index (χ1n) is 7.30. The highest BCUT2D eigenvalue weighted by molar-refractivity contribution is 5.59. The van der Waals surface area contributed by atoms with E-state index in [4.69, 9.17) is 14.6 Å². The van der Waals surface area contributed by atoms with Gasteiger partial charge in [0.1, 0.15) is 11.5 Å². The fourth-order valence-electron chi connectivity index (χ4n) is 2.15. The summed E-state index contributed by atoms with van der Waals surface area (Å²) >= 11 is 0. The van der Waals surface area contributed by atoms with Crippen LogP contribution in [-0.4, -0.2) is 39.1 Å². The first kappa shape index (κ1) is 16.7. The SMILES string of the molecule is COc1cc(Nc2ncc(F)c(-n3cc(CO)cn3)n2)cc(OC)c1. The number of rotatable bonds is 6. The van der Waals surface area contributed by atoms with Crippen molar-refractivity contribution in [3.8, 4) is 17.3 Å². The van der Waals surface area contributed by atoms with Crippen LogP contribution in [0, 0.1) is 5.82 Å². The summed E-state index contributed by atoms with van der Waals surface area (Å²) in [5.74, 6) is 0.675. The van der Waals surface area contributed by atoms with E-state index in [1.165, 1.54) is 17.1 Å². The smallest absolute Gasteiger partial charge is 0.229 e. The lowest BCUT2D eigenvalue weighted by atomic mass is 10.3. The molecule has 0 saturated carbocycles. The molecule has 0 amide bonds. The molecule has 0 saturated heterocycles. The van der Waals surface area contributed by atoms with Crippen LogP contribution in [0.4, 0.5) is 16.0 Å². The highest BCUT2D eigenvalue weighted by Gasteiger charge is 2.12. The average Bonchev–Trinajstić information content (AvgIpc) is 3.12. The number of anilines is 2. The molecule has 0 spiro atoms. The van der Waals surface area contributed by atoms with Crippen molar-refractivity contribution in [1.29, 1.82) is 0 Å². The summed E-state index contributed by atoms with van der Waals surface area (Å²) in [5.41, 5.74) is 1.16. The third kappa shape index (κ3) is 3.66. The standard InChI is InChI=1S/C16H16FN5O3/c1-24-12-3-11(4-13(5-12)25-2)20-16-18-7-14(17)15(21-16)22-8-10(9-23)6-19-22/h3-8,23H,9H2,1-2H3,(H,18,20,21). The molecule has 0 aliphatic rings. The molecule has 0 fully saturated rings. The Morgan fingerprint density at radius 1 is 1.16 bits per heavy atom. The number of hydrogen-bond acceptors (Lipinski definition) is 7. The summed E-state index contributed by atoms with van der Waals surface area (Å²) in [5, 5.41) is 16.1. The van der Waals surface area contributed by atoms with Crippen LogP contribution >= 0.6 is 0 Å². The van der Waals surface area contributed by atoms with Gasteiger partial charge in [-0.3, -0.25) is 0 Å². The largest absolute Gasteiger partial charge is 0.497 e. The molecule has 0 aliphatic heterocycles. The lowest BCUT2D eigenvalue weighted by molar-refractivity contribution is 0.282. The monoisotopic (exact) mass is 345 g/mol. The molecule has 9 heteroatoms. The first-order chi connectivity index (χ1) is 12.1. The van der Waals surface area contributed by atoms with Crippen molar-refractivity contribution in [3.63, 3.8) is 0 Å². The number of nitrogens with one attached hydrogen (secondary N) is 1. The average molecular weight is 345 g/mol. The topological polar surface area (TPSA) is 94.3 Å². The molecule has 2 aromatic heterocycles. The van der Waals surface area contributed by atoms with E-state index in [0.717, 1.165) is 6.20 Å². The van der Waals surface area contributed by atoms with Crippen LogP contribution in [0.15, 0.2) is 36.8 Å². The van der Waals surface area contributed by atoms with Crippen LogP contribution in [0.2, 0.25) is 0 Å². The van der Waals surface area contributed by atoms with Gasteiger partial charge in [-0.2, -0.15) is 10.1 Å². The Morgan fingerprint density at radius 3 is 2.48 bits per heavy atom. The Hall–Kier alpha value is -3.20. The van der Waals surface area contributed by atoms with Gasteiger partial charge in [0.05, 0.1) is 33.2 Å². The normalized spacial score (nSPS) is 10.6. The highest BCUT2D eigenvalue weighted by atomic mass is 19.1. The van der Waals surface area contributed by atoms with Gasteiger partial charge in [0.15, 0.2) is 11.6 Å². The van der Waals surface area contributed by atoms with Crippen LogP contribution in [0.1, 0.15) is 5.56 Å². The van der Waals surface area contributed by atoms with E-state index >= 15 is 0 Å². The van der Waals surface area contributed by atoms with Gasteiger partial charge in [0.25, 0.3) is 0 Å². The van der Waals surface area contributed by atoms with E-state index in [1.807, 2.05) is 0 Å². The molecule has 25 heavy (non-hydrogen) atoms. The fourth-order valence-corrected chi connectivity index (χ4v) is 2.15. The minimum Gasteiger partial charge on any atom is -0.497 e. The highest BCUT2D eigenvalue weighted by Crippen LogP contribution is 2.27. The summed E-state index contributed by atoms with van der Waals surface area (Å²) in [7, 11) is 3.09.